The van der Waals surface area contributed by atoms with Crippen LogP contribution in [0.15, 0.2) is 101 Å². The van der Waals surface area contributed by atoms with Crippen molar-refractivity contribution < 1.29 is 19.1 Å². The Morgan fingerprint density at radius 3 is 2.57 bits per heavy atom. The summed E-state index contributed by atoms with van der Waals surface area (Å²) < 4.78 is 7.58. The van der Waals surface area contributed by atoms with Crippen LogP contribution >= 0.6 is 0 Å². The second-order valence-corrected chi connectivity index (χ2v) is 17.9. The lowest BCUT2D eigenvalue weighted by atomic mass is 9.80. The van der Waals surface area contributed by atoms with E-state index in [9.17, 15) is 29.2 Å². The summed E-state index contributed by atoms with van der Waals surface area (Å²) in [6.07, 6.45) is 6.95. The van der Waals surface area contributed by atoms with Crippen molar-refractivity contribution in [1.29, 1.82) is 5.26 Å². The van der Waals surface area contributed by atoms with Crippen molar-refractivity contribution in [2.24, 2.45) is 11.8 Å². The molecule has 2 amide bonds. The van der Waals surface area contributed by atoms with E-state index in [0.717, 1.165) is 67.6 Å². The van der Waals surface area contributed by atoms with Crippen LogP contribution in [0.1, 0.15) is 60.0 Å². The van der Waals surface area contributed by atoms with Crippen LogP contribution in [0.3, 0.4) is 0 Å². The van der Waals surface area contributed by atoms with Crippen molar-refractivity contribution in [3.63, 3.8) is 0 Å². The number of rotatable bonds is 13. The monoisotopic (exact) mass is 914 g/mol. The fourth-order valence-corrected chi connectivity index (χ4v) is 10.2. The minimum absolute atomic E-state index is 0.00368. The van der Waals surface area contributed by atoms with E-state index in [1.807, 2.05) is 42.5 Å². The zero-order valence-corrected chi connectivity index (χ0v) is 37.2. The van der Waals surface area contributed by atoms with E-state index in [1.54, 1.807) is 48.8 Å². The lowest BCUT2D eigenvalue weighted by molar-refractivity contribution is -0.136. The average molecular weight is 915 g/mol. The Hall–Kier alpha value is -7.30. The molecule has 0 bridgehead atoms. The molecule has 7 heterocycles. The van der Waals surface area contributed by atoms with Gasteiger partial charge in [0.1, 0.15) is 12.3 Å². The van der Waals surface area contributed by atoms with Crippen molar-refractivity contribution >= 4 is 28.9 Å². The largest absolute Gasteiger partial charge is 0.477 e. The van der Waals surface area contributed by atoms with Gasteiger partial charge in [-0.05, 0) is 73.2 Å². The van der Waals surface area contributed by atoms with Gasteiger partial charge in [0.05, 0.1) is 47.7 Å². The number of hydrogen-bond acceptors (Lipinski definition) is 15. The number of fused-ring (bicyclic) bond motifs is 1. The number of piperidine rings is 2. The summed E-state index contributed by atoms with van der Waals surface area (Å²) in [7, 11) is 0. The van der Waals surface area contributed by atoms with Gasteiger partial charge in [0.25, 0.3) is 17.0 Å². The zero-order chi connectivity index (χ0) is 46.7. The van der Waals surface area contributed by atoms with E-state index < -0.39 is 11.9 Å². The molecule has 0 spiro atoms. The standard InChI is InChI=1S/C50H50N12O6/c51-24-31-2-1-3-33(21-31)40-23-36(48(65)59-58-40)20-30-4-6-32(7-5-30)47-54-16-13-45(57-47)68-29-35-12-15-52-26-39(35)43(28-63)60-18-14-46(60)61-19-17-53-27-42(61)34-8-9-38-37(22-34)25-55-62(50(38)67)41-10-11-44(64)56-49(41)66/h1-9,13,16,21-23,25,28,35,39,41-43,46,52-53H,10-12,14-15,17-20,26-27,29H2,(H,59,65)(H,56,64,66). The van der Waals surface area contributed by atoms with Gasteiger partial charge in [0, 0.05) is 91.9 Å². The van der Waals surface area contributed by atoms with Gasteiger partial charge in [-0.15, -0.1) is 0 Å². The molecular weight excluding hydrogens is 865 g/mol. The van der Waals surface area contributed by atoms with Crippen LogP contribution in [0, 0.1) is 23.2 Å². The molecule has 0 aliphatic carbocycles. The van der Waals surface area contributed by atoms with E-state index in [2.05, 4.69) is 52.1 Å². The van der Waals surface area contributed by atoms with Crippen molar-refractivity contribution in [2.45, 2.75) is 56.4 Å². The normalized spacial score (nSPS) is 22.7. The Morgan fingerprint density at radius 1 is 0.897 bits per heavy atom. The number of amides is 2. The van der Waals surface area contributed by atoms with Gasteiger partial charge < -0.3 is 20.2 Å². The summed E-state index contributed by atoms with van der Waals surface area (Å²) in [6.45, 7) is 4.97. The molecule has 4 aliphatic rings. The van der Waals surface area contributed by atoms with Crippen molar-refractivity contribution in [1.82, 2.24) is 55.7 Å². The van der Waals surface area contributed by atoms with Crippen molar-refractivity contribution in [2.75, 3.05) is 45.9 Å². The maximum absolute atomic E-state index is 13.6. The summed E-state index contributed by atoms with van der Waals surface area (Å²) in [4.78, 5) is 77.8. The number of nitrogens with zero attached hydrogens (tertiary/aromatic N) is 8. The molecule has 4 N–H and O–H groups in total. The first-order valence-electron chi connectivity index (χ1n) is 23.1. The lowest BCUT2D eigenvalue weighted by Gasteiger charge is -2.55. The third-order valence-corrected chi connectivity index (χ3v) is 13.9. The Morgan fingerprint density at radius 2 is 1.76 bits per heavy atom. The summed E-state index contributed by atoms with van der Waals surface area (Å²) in [5, 5.41) is 31.0. The maximum atomic E-state index is 13.6. The quantitative estimate of drug-likeness (QED) is 0.0964. The number of ether oxygens (including phenoxy) is 1. The van der Waals surface area contributed by atoms with Gasteiger partial charge in [-0.2, -0.15) is 20.4 Å². The molecule has 0 radical (unpaired) electrons. The van der Waals surface area contributed by atoms with Crippen LogP contribution in [0.25, 0.3) is 33.4 Å². The molecule has 68 heavy (non-hydrogen) atoms. The van der Waals surface area contributed by atoms with Gasteiger partial charge in [-0.1, -0.05) is 42.5 Å². The summed E-state index contributed by atoms with van der Waals surface area (Å²) >= 11 is 0. The molecule has 6 atom stereocenters. The van der Waals surface area contributed by atoms with Gasteiger partial charge >= 0.3 is 0 Å². The number of H-pyrrole nitrogens is 1. The number of aromatic amines is 1. The molecule has 4 saturated heterocycles. The second-order valence-electron chi connectivity index (χ2n) is 17.9. The predicted octanol–water partition coefficient (Wildman–Crippen LogP) is 2.89. The highest BCUT2D eigenvalue weighted by molar-refractivity contribution is 5.99. The van der Waals surface area contributed by atoms with Gasteiger partial charge in [-0.3, -0.25) is 34.3 Å². The minimum atomic E-state index is -0.835. The van der Waals surface area contributed by atoms with E-state index in [4.69, 9.17) is 9.72 Å². The van der Waals surface area contributed by atoms with Crippen LogP contribution in [0.5, 0.6) is 5.88 Å². The van der Waals surface area contributed by atoms with E-state index >= 15 is 0 Å². The predicted molar refractivity (Wildman–Crippen MR) is 250 cm³/mol. The number of hydrogen-bond donors (Lipinski definition) is 4. The van der Waals surface area contributed by atoms with E-state index in [-0.39, 0.29) is 60.0 Å². The number of nitrogens with one attached hydrogen (secondary N) is 4. The highest BCUT2D eigenvalue weighted by atomic mass is 16.5. The number of imide groups is 1. The third-order valence-electron chi connectivity index (χ3n) is 13.9. The Labute approximate surface area is 390 Å². The first-order chi connectivity index (χ1) is 33.2. The number of carbonyl (C=O) groups excluding carboxylic acids is 3. The summed E-state index contributed by atoms with van der Waals surface area (Å²) in [6, 6.07) is 25.0. The smallest absolute Gasteiger partial charge is 0.275 e. The highest BCUT2D eigenvalue weighted by Gasteiger charge is 2.46. The molecule has 4 fully saturated rings. The van der Waals surface area contributed by atoms with Gasteiger partial charge in [-0.25, -0.2) is 14.8 Å². The molecule has 3 aromatic heterocycles. The number of benzene rings is 3. The molecule has 3 aromatic carbocycles. The molecule has 4 aliphatic heterocycles. The number of aromatic nitrogens is 6. The Kier molecular flexibility index (Phi) is 12.8. The maximum Gasteiger partial charge on any atom is 0.275 e. The first-order valence-corrected chi connectivity index (χ1v) is 23.1. The van der Waals surface area contributed by atoms with Crippen molar-refractivity contribution in [3.05, 3.63) is 134 Å². The molecule has 18 heteroatoms. The highest BCUT2D eigenvalue weighted by Crippen LogP contribution is 2.37. The van der Waals surface area contributed by atoms with Crippen LogP contribution in [-0.4, -0.2) is 116 Å². The van der Waals surface area contributed by atoms with E-state index in [1.165, 1.54) is 4.68 Å². The summed E-state index contributed by atoms with van der Waals surface area (Å²) in [5.41, 5.74) is 4.47. The minimum Gasteiger partial charge on any atom is -0.477 e. The number of piperazine rings is 1. The molecule has 18 nitrogen and oxygen atoms in total. The SMILES string of the molecule is N#Cc1cccc(-c2cc(Cc3ccc(-c4nccc(OCC5CCNCC5C(C=O)N5CCC5N5CCNCC5c5ccc6c(=O)n(C7CCC(=O)NC7=O)ncc6c5)n4)cc3)c(=O)[nH]n2)c1. The summed E-state index contributed by atoms with van der Waals surface area (Å²) in [5.74, 6) is 0.174. The first kappa shape index (κ1) is 44.5. The van der Waals surface area contributed by atoms with Crippen molar-refractivity contribution in [3.8, 4) is 34.6 Å². The molecule has 346 valence electrons. The molecule has 0 saturated carbocycles. The van der Waals surface area contributed by atoms with Crippen LogP contribution in [0.2, 0.25) is 0 Å². The Balaban J connectivity index is 0.795. The van der Waals surface area contributed by atoms with Crippen LogP contribution in [-0.2, 0) is 20.8 Å². The fourth-order valence-electron chi connectivity index (χ4n) is 10.2. The van der Waals surface area contributed by atoms with Gasteiger partial charge in [0.15, 0.2) is 5.82 Å². The van der Waals surface area contributed by atoms with Crippen LogP contribution < -0.4 is 31.8 Å². The molecule has 6 aromatic rings. The zero-order valence-electron chi connectivity index (χ0n) is 37.2. The number of carbonyl (C=O) groups is 3. The Bertz CT molecular complexity index is 3040. The topological polar surface area (TPSA) is 233 Å². The van der Waals surface area contributed by atoms with Gasteiger partial charge in [0.2, 0.25) is 11.8 Å². The number of aldehydes is 1. The third kappa shape index (κ3) is 9.08. The van der Waals surface area contributed by atoms with E-state index in [0.29, 0.717) is 65.4 Å². The second kappa shape index (κ2) is 19.5. The van der Waals surface area contributed by atoms with Crippen LogP contribution in [0.4, 0.5) is 0 Å². The number of nitriles is 1. The molecular formula is C50H50N12O6. The fraction of sp³-hybridized carbons (Fsp3) is 0.360. The average Bonchev–Trinajstić information content (AvgIpc) is 3.36. The molecule has 10 rings (SSSR count). The number of likely N-dealkylation sites (tertiary alicyclic amines) is 1. The molecule has 6 unspecified atom stereocenters. The lowest BCUT2D eigenvalue weighted by Crippen LogP contribution is -2.67.